The van der Waals surface area contributed by atoms with Gasteiger partial charge in [0.25, 0.3) is 0 Å². The lowest BCUT2D eigenvalue weighted by Gasteiger charge is -2.31. The fourth-order valence-corrected chi connectivity index (χ4v) is 2.53. The molecule has 1 aliphatic heterocycles. The Kier molecular flexibility index (Phi) is 5.42. The largest absolute Gasteiger partial charge is 0.489 e. The summed E-state index contributed by atoms with van der Waals surface area (Å²) in [6.45, 7) is 6.54. The van der Waals surface area contributed by atoms with E-state index in [2.05, 4.69) is 16.8 Å². The maximum atomic E-state index is 13.1. The molecule has 0 saturated carbocycles. The van der Waals surface area contributed by atoms with E-state index in [-0.39, 0.29) is 11.9 Å². The third-order valence-corrected chi connectivity index (χ3v) is 3.62. The Labute approximate surface area is 125 Å². The van der Waals surface area contributed by atoms with E-state index in [1.165, 1.54) is 18.6 Å². The number of rotatable bonds is 4. The molecule has 0 spiro atoms. The summed E-state index contributed by atoms with van der Waals surface area (Å²) in [5, 5.41) is 0. The molecule has 1 aliphatic rings. The van der Waals surface area contributed by atoms with E-state index in [1.54, 1.807) is 12.1 Å². The second-order valence-electron chi connectivity index (χ2n) is 5.78. The Hall–Kier alpha value is -1.78. The molecular weight excluding hydrogens is 269 g/mol. The molecule has 0 aromatic heterocycles. The number of nitrogens with two attached hydrogens (primary N) is 1. The first-order chi connectivity index (χ1) is 10.0. The third-order valence-electron chi connectivity index (χ3n) is 3.62. The number of ether oxygens (including phenoxy) is 1. The third kappa shape index (κ3) is 4.92. The predicted molar refractivity (Wildman–Crippen MR) is 83.0 cm³/mol. The minimum atomic E-state index is -0.301. The van der Waals surface area contributed by atoms with Crippen LogP contribution in [-0.4, -0.2) is 36.6 Å². The van der Waals surface area contributed by atoms with Crippen molar-refractivity contribution in [1.29, 1.82) is 0 Å². The van der Waals surface area contributed by atoms with Gasteiger partial charge in [0.05, 0.1) is 6.54 Å². The van der Waals surface area contributed by atoms with Crippen molar-refractivity contribution in [2.45, 2.75) is 32.8 Å². The predicted octanol–water partition coefficient (Wildman–Crippen LogP) is 2.64. The number of hydrogen-bond acceptors (Lipinski definition) is 2. The van der Waals surface area contributed by atoms with Crippen LogP contribution in [0.3, 0.4) is 0 Å². The Morgan fingerprint density at radius 1 is 1.57 bits per heavy atom. The van der Waals surface area contributed by atoms with Crippen LogP contribution in [0.1, 0.15) is 26.7 Å². The van der Waals surface area contributed by atoms with Crippen LogP contribution >= 0.6 is 0 Å². The summed E-state index contributed by atoms with van der Waals surface area (Å²) < 4.78 is 18.7. The van der Waals surface area contributed by atoms with Crippen LogP contribution in [0.5, 0.6) is 5.75 Å². The second-order valence-corrected chi connectivity index (χ2v) is 5.78. The van der Waals surface area contributed by atoms with E-state index >= 15 is 0 Å². The molecule has 116 valence electrons. The van der Waals surface area contributed by atoms with Gasteiger partial charge in [-0.2, -0.15) is 0 Å². The number of guanidine groups is 1. The van der Waals surface area contributed by atoms with Crippen LogP contribution in [0.4, 0.5) is 4.39 Å². The molecule has 1 saturated heterocycles. The standard InChI is InChI=1S/C16H24FN3O/c1-12-5-4-8-20(11-12)16(18)19-10-13(2)21-15-7-3-6-14(17)9-15/h3,6-7,9,12-13H,4-5,8,10-11H2,1-2H3,(H2,18,19). The number of halogens is 1. The average molecular weight is 293 g/mol. The van der Waals surface area contributed by atoms with Gasteiger partial charge in [-0.05, 0) is 37.8 Å². The summed E-state index contributed by atoms with van der Waals surface area (Å²) in [6.07, 6.45) is 2.27. The summed E-state index contributed by atoms with van der Waals surface area (Å²) in [6, 6.07) is 6.13. The Morgan fingerprint density at radius 2 is 2.38 bits per heavy atom. The first kappa shape index (κ1) is 15.6. The highest BCUT2D eigenvalue weighted by Crippen LogP contribution is 2.16. The first-order valence-corrected chi connectivity index (χ1v) is 7.51. The highest BCUT2D eigenvalue weighted by molar-refractivity contribution is 5.78. The van der Waals surface area contributed by atoms with Crippen molar-refractivity contribution in [3.8, 4) is 5.75 Å². The average Bonchev–Trinajstić information content (AvgIpc) is 2.45. The van der Waals surface area contributed by atoms with Gasteiger partial charge in [-0.1, -0.05) is 13.0 Å². The van der Waals surface area contributed by atoms with Crippen molar-refractivity contribution >= 4 is 5.96 Å². The molecule has 2 unspecified atom stereocenters. The lowest BCUT2D eigenvalue weighted by Crippen LogP contribution is -2.43. The highest BCUT2D eigenvalue weighted by atomic mass is 19.1. The van der Waals surface area contributed by atoms with Gasteiger partial charge >= 0.3 is 0 Å². The molecule has 1 fully saturated rings. The zero-order chi connectivity index (χ0) is 15.2. The van der Waals surface area contributed by atoms with E-state index in [0.29, 0.717) is 24.2 Å². The van der Waals surface area contributed by atoms with Gasteiger partial charge in [-0.3, -0.25) is 0 Å². The summed E-state index contributed by atoms with van der Waals surface area (Å²) in [4.78, 5) is 6.53. The zero-order valence-electron chi connectivity index (χ0n) is 12.8. The molecule has 1 aromatic rings. The Balaban J connectivity index is 1.84. The van der Waals surface area contributed by atoms with Gasteiger partial charge < -0.3 is 15.4 Å². The first-order valence-electron chi connectivity index (χ1n) is 7.51. The lowest BCUT2D eigenvalue weighted by molar-refractivity contribution is 0.227. The Bertz CT molecular complexity index is 492. The zero-order valence-corrected chi connectivity index (χ0v) is 12.8. The van der Waals surface area contributed by atoms with Crippen molar-refractivity contribution in [1.82, 2.24) is 4.90 Å². The van der Waals surface area contributed by atoms with Crippen LogP contribution in [-0.2, 0) is 0 Å². The molecule has 21 heavy (non-hydrogen) atoms. The topological polar surface area (TPSA) is 50.8 Å². The summed E-state index contributed by atoms with van der Waals surface area (Å²) in [5.74, 6) is 1.46. The van der Waals surface area contributed by atoms with Crippen LogP contribution in [0.25, 0.3) is 0 Å². The van der Waals surface area contributed by atoms with Crippen molar-refractivity contribution in [3.05, 3.63) is 30.1 Å². The van der Waals surface area contributed by atoms with E-state index < -0.39 is 0 Å². The summed E-state index contributed by atoms with van der Waals surface area (Å²) in [5.41, 5.74) is 6.04. The van der Waals surface area contributed by atoms with Crippen LogP contribution < -0.4 is 10.5 Å². The molecular formula is C16H24FN3O. The minimum absolute atomic E-state index is 0.146. The van der Waals surface area contributed by atoms with Crippen molar-refractivity contribution in [2.24, 2.45) is 16.6 Å². The Morgan fingerprint density at radius 3 is 3.10 bits per heavy atom. The molecule has 2 rings (SSSR count). The number of hydrogen-bond donors (Lipinski definition) is 1. The van der Waals surface area contributed by atoms with E-state index in [0.717, 1.165) is 19.5 Å². The second kappa shape index (κ2) is 7.29. The van der Waals surface area contributed by atoms with Crippen molar-refractivity contribution < 1.29 is 9.13 Å². The van der Waals surface area contributed by atoms with E-state index in [1.807, 2.05) is 6.92 Å². The van der Waals surface area contributed by atoms with Gasteiger partial charge in [0.2, 0.25) is 0 Å². The number of aliphatic imine (C=N–C) groups is 1. The van der Waals surface area contributed by atoms with Gasteiger partial charge in [-0.15, -0.1) is 0 Å². The molecule has 0 bridgehead atoms. The van der Waals surface area contributed by atoms with Gasteiger partial charge in [0.15, 0.2) is 5.96 Å². The number of likely N-dealkylation sites (tertiary alicyclic amines) is 1. The molecule has 2 atom stereocenters. The van der Waals surface area contributed by atoms with E-state index in [4.69, 9.17) is 10.5 Å². The number of piperidine rings is 1. The van der Waals surface area contributed by atoms with Crippen LogP contribution in [0.15, 0.2) is 29.3 Å². The maximum Gasteiger partial charge on any atom is 0.191 e. The fraction of sp³-hybridized carbons (Fsp3) is 0.562. The maximum absolute atomic E-state index is 13.1. The highest BCUT2D eigenvalue weighted by Gasteiger charge is 2.17. The van der Waals surface area contributed by atoms with Gasteiger partial charge in [-0.25, -0.2) is 9.38 Å². The SMILES string of the molecule is CC1CCCN(C(N)=NCC(C)Oc2cccc(F)c2)C1. The molecule has 5 heteroatoms. The normalized spacial score (nSPS) is 21.2. The molecule has 1 heterocycles. The monoisotopic (exact) mass is 293 g/mol. The summed E-state index contributed by atoms with van der Waals surface area (Å²) in [7, 11) is 0. The van der Waals surface area contributed by atoms with Gasteiger partial charge in [0, 0.05) is 19.2 Å². The van der Waals surface area contributed by atoms with Gasteiger partial charge in [0.1, 0.15) is 17.7 Å². The molecule has 4 nitrogen and oxygen atoms in total. The van der Waals surface area contributed by atoms with Crippen LogP contribution in [0.2, 0.25) is 0 Å². The molecule has 0 amide bonds. The lowest BCUT2D eigenvalue weighted by atomic mass is 10.0. The molecule has 1 aromatic carbocycles. The molecule has 0 radical (unpaired) electrons. The minimum Gasteiger partial charge on any atom is -0.489 e. The fourth-order valence-electron chi connectivity index (χ4n) is 2.53. The quantitative estimate of drug-likeness (QED) is 0.686. The number of benzene rings is 1. The summed E-state index contributed by atoms with van der Waals surface area (Å²) >= 11 is 0. The molecule has 0 aliphatic carbocycles. The number of nitrogens with zero attached hydrogens (tertiary/aromatic N) is 2. The van der Waals surface area contributed by atoms with E-state index in [9.17, 15) is 4.39 Å². The van der Waals surface area contributed by atoms with Crippen molar-refractivity contribution in [3.63, 3.8) is 0 Å². The van der Waals surface area contributed by atoms with Crippen molar-refractivity contribution in [2.75, 3.05) is 19.6 Å². The van der Waals surface area contributed by atoms with Crippen LogP contribution in [0, 0.1) is 11.7 Å². The molecule has 2 N–H and O–H groups in total. The smallest absolute Gasteiger partial charge is 0.191 e.